The molecule has 4 nitrogen and oxygen atoms in total. The average Bonchev–Trinajstić information content (AvgIpc) is 2.67. The second kappa shape index (κ2) is 12.1. The number of nitrogens with zero attached hydrogens (tertiary/aromatic N) is 3. The summed E-state index contributed by atoms with van der Waals surface area (Å²) in [7, 11) is 0. The Morgan fingerprint density at radius 1 is 0.815 bits per heavy atom. The van der Waals surface area contributed by atoms with Crippen LogP contribution in [-0.2, 0) is 4.79 Å². The SMILES string of the molecule is CC(C)C1CCN(C(=O)CCCCCCCN2CCN(C(C)C)CC2)CC1. The summed E-state index contributed by atoms with van der Waals surface area (Å²) in [5.41, 5.74) is 0. The van der Waals surface area contributed by atoms with Crippen LogP contribution in [0.25, 0.3) is 0 Å². The molecule has 0 unspecified atom stereocenters. The van der Waals surface area contributed by atoms with Crippen LogP contribution in [0.5, 0.6) is 0 Å². The molecule has 0 atom stereocenters. The molecule has 0 N–H and O–H groups in total. The van der Waals surface area contributed by atoms with Gasteiger partial charge in [-0.05, 0) is 57.9 Å². The maximum Gasteiger partial charge on any atom is 0.222 e. The first-order valence-corrected chi connectivity index (χ1v) is 11.7. The van der Waals surface area contributed by atoms with Gasteiger partial charge in [0.1, 0.15) is 0 Å². The molecule has 0 radical (unpaired) electrons. The average molecular weight is 380 g/mol. The molecule has 2 aliphatic rings. The third kappa shape index (κ3) is 8.11. The highest BCUT2D eigenvalue weighted by Crippen LogP contribution is 2.25. The quantitative estimate of drug-likeness (QED) is 0.531. The summed E-state index contributed by atoms with van der Waals surface area (Å²) in [4.78, 5) is 19.7. The van der Waals surface area contributed by atoms with Crippen molar-refractivity contribution in [2.45, 2.75) is 85.1 Å². The summed E-state index contributed by atoms with van der Waals surface area (Å²) in [5.74, 6) is 1.99. The van der Waals surface area contributed by atoms with Crippen LogP contribution in [0, 0.1) is 11.8 Å². The molecule has 1 amide bonds. The lowest BCUT2D eigenvalue weighted by molar-refractivity contribution is -0.132. The Morgan fingerprint density at radius 2 is 1.41 bits per heavy atom. The van der Waals surface area contributed by atoms with E-state index in [1.165, 1.54) is 71.2 Å². The molecule has 27 heavy (non-hydrogen) atoms. The van der Waals surface area contributed by atoms with E-state index < -0.39 is 0 Å². The Hall–Kier alpha value is -0.610. The molecule has 158 valence electrons. The van der Waals surface area contributed by atoms with Crippen molar-refractivity contribution in [3.63, 3.8) is 0 Å². The van der Waals surface area contributed by atoms with Gasteiger partial charge in [0.25, 0.3) is 0 Å². The van der Waals surface area contributed by atoms with Crippen molar-refractivity contribution >= 4 is 5.91 Å². The maximum atomic E-state index is 12.4. The smallest absolute Gasteiger partial charge is 0.222 e. The van der Waals surface area contributed by atoms with Crippen molar-refractivity contribution in [1.82, 2.24) is 14.7 Å². The highest BCUT2D eigenvalue weighted by Gasteiger charge is 2.24. The summed E-state index contributed by atoms with van der Waals surface area (Å²) in [6.45, 7) is 17.4. The van der Waals surface area contributed by atoms with E-state index in [1.807, 2.05) is 0 Å². The van der Waals surface area contributed by atoms with E-state index in [2.05, 4.69) is 42.4 Å². The molecule has 2 saturated heterocycles. The molecule has 0 aromatic carbocycles. The van der Waals surface area contributed by atoms with Crippen LogP contribution in [-0.4, -0.2) is 72.5 Å². The summed E-state index contributed by atoms with van der Waals surface area (Å²) >= 11 is 0. The molecule has 0 bridgehead atoms. The van der Waals surface area contributed by atoms with Gasteiger partial charge in [-0.15, -0.1) is 0 Å². The first-order valence-electron chi connectivity index (χ1n) is 11.7. The maximum absolute atomic E-state index is 12.4. The fourth-order valence-electron chi connectivity index (χ4n) is 4.62. The van der Waals surface area contributed by atoms with Gasteiger partial charge in [0.05, 0.1) is 0 Å². The van der Waals surface area contributed by atoms with Gasteiger partial charge in [0.2, 0.25) is 5.91 Å². The van der Waals surface area contributed by atoms with Crippen molar-refractivity contribution in [3.8, 4) is 0 Å². The number of carbonyl (C=O) groups is 1. The number of amides is 1. The van der Waals surface area contributed by atoms with Gasteiger partial charge < -0.3 is 9.80 Å². The fourth-order valence-corrected chi connectivity index (χ4v) is 4.62. The van der Waals surface area contributed by atoms with Crippen LogP contribution in [0.15, 0.2) is 0 Å². The minimum absolute atomic E-state index is 0.403. The van der Waals surface area contributed by atoms with E-state index in [1.54, 1.807) is 0 Å². The minimum atomic E-state index is 0.403. The Kier molecular flexibility index (Phi) is 10.1. The lowest BCUT2D eigenvalue weighted by Crippen LogP contribution is -2.48. The number of unbranched alkanes of at least 4 members (excludes halogenated alkanes) is 4. The van der Waals surface area contributed by atoms with Gasteiger partial charge in [0.15, 0.2) is 0 Å². The van der Waals surface area contributed by atoms with Crippen LogP contribution in [0.2, 0.25) is 0 Å². The third-order valence-corrected chi connectivity index (χ3v) is 6.84. The van der Waals surface area contributed by atoms with E-state index >= 15 is 0 Å². The van der Waals surface area contributed by atoms with Gasteiger partial charge in [-0.25, -0.2) is 0 Å². The van der Waals surface area contributed by atoms with E-state index in [0.717, 1.165) is 37.8 Å². The van der Waals surface area contributed by atoms with Crippen LogP contribution in [0.4, 0.5) is 0 Å². The van der Waals surface area contributed by atoms with Gasteiger partial charge in [0, 0.05) is 51.7 Å². The fraction of sp³-hybridized carbons (Fsp3) is 0.957. The zero-order valence-electron chi connectivity index (χ0n) is 18.6. The van der Waals surface area contributed by atoms with Crippen LogP contribution < -0.4 is 0 Å². The van der Waals surface area contributed by atoms with Crippen LogP contribution >= 0.6 is 0 Å². The number of hydrogen-bond donors (Lipinski definition) is 0. The second-order valence-electron chi connectivity index (χ2n) is 9.45. The lowest BCUT2D eigenvalue weighted by atomic mass is 9.86. The van der Waals surface area contributed by atoms with E-state index in [0.29, 0.717) is 11.9 Å². The second-order valence-corrected chi connectivity index (χ2v) is 9.45. The summed E-state index contributed by atoms with van der Waals surface area (Å²) in [6, 6.07) is 0.691. The largest absolute Gasteiger partial charge is 0.343 e. The van der Waals surface area contributed by atoms with Crippen LogP contribution in [0.1, 0.15) is 79.1 Å². The summed E-state index contributed by atoms with van der Waals surface area (Å²) in [6.07, 6.45) is 9.39. The third-order valence-electron chi connectivity index (χ3n) is 6.84. The molecule has 0 aromatic heterocycles. The number of likely N-dealkylation sites (tertiary alicyclic amines) is 1. The van der Waals surface area contributed by atoms with Gasteiger partial charge in [-0.2, -0.15) is 0 Å². The van der Waals surface area contributed by atoms with Gasteiger partial charge >= 0.3 is 0 Å². The molecule has 2 aliphatic heterocycles. The highest BCUT2D eigenvalue weighted by atomic mass is 16.2. The molecule has 0 spiro atoms. The van der Waals surface area contributed by atoms with E-state index in [9.17, 15) is 4.79 Å². The highest BCUT2D eigenvalue weighted by molar-refractivity contribution is 5.76. The monoisotopic (exact) mass is 379 g/mol. The Labute approximate surface area is 168 Å². The Balaban J connectivity index is 1.43. The zero-order valence-corrected chi connectivity index (χ0v) is 18.6. The molecule has 2 fully saturated rings. The van der Waals surface area contributed by atoms with Crippen molar-refractivity contribution < 1.29 is 4.79 Å². The summed E-state index contributed by atoms with van der Waals surface area (Å²) in [5, 5.41) is 0. The normalized spacial score (nSPS) is 20.7. The van der Waals surface area contributed by atoms with Crippen molar-refractivity contribution in [2.24, 2.45) is 11.8 Å². The lowest BCUT2D eigenvalue weighted by Gasteiger charge is -2.36. The van der Waals surface area contributed by atoms with E-state index in [4.69, 9.17) is 0 Å². The number of hydrogen-bond acceptors (Lipinski definition) is 3. The predicted molar refractivity (Wildman–Crippen MR) is 115 cm³/mol. The minimum Gasteiger partial charge on any atom is -0.343 e. The molecule has 0 aromatic rings. The van der Waals surface area contributed by atoms with Crippen molar-refractivity contribution in [2.75, 3.05) is 45.8 Å². The van der Waals surface area contributed by atoms with Gasteiger partial charge in [-0.1, -0.05) is 33.1 Å². The molecule has 0 aliphatic carbocycles. The van der Waals surface area contributed by atoms with Crippen molar-refractivity contribution in [1.29, 1.82) is 0 Å². The van der Waals surface area contributed by atoms with Crippen LogP contribution in [0.3, 0.4) is 0 Å². The van der Waals surface area contributed by atoms with Crippen molar-refractivity contribution in [3.05, 3.63) is 0 Å². The first-order chi connectivity index (χ1) is 13.0. The molecule has 0 saturated carbocycles. The topological polar surface area (TPSA) is 26.8 Å². The molecule has 2 heterocycles. The first kappa shape index (κ1) is 22.7. The molecular weight excluding hydrogens is 334 g/mol. The van der Waals surface area contributed by atoms with Gasteiger partial charge in [-0.3, -0.25) is 9.69 Å². The number of rotatable bonds is 10. The molecule has 2 rings (SSSR count). The van der Waals surface area contributed by atoms with E-state index in [-0.39, 0.29) is 0 Å². The number of carbonyl (C=O) groups excluding carboxylic acids is 1. The Bertz CT molecular complexity index is 408. The molecular formula is C23H45N3O. The number of piperidine rings is 1. The molecule has 4 heteroatoms. The predicted octanol–water partition coefficient (Wildman–Crippen LogP) is 4.25. The Morgan fingerprint density at radius 3 is 2.00 bits per heavy atom. The standard InChI is InChI=1S/C23H45N3O/c1-20(2)22-11-14-26(15-12-22)23(27)10-8-6-5-7-9-13-24-16-18-25(19-17-24)21(3)4/h20-22H,5-19H2,1-4H3. The number of piperazine rings is 1. The zero-order chi connectivity index (χ0) is 19.6. The summed E-state index contributed by atoms with van der Waals surface area (Å²) < 4.78 is 0.